The Morgan fingerprint density at radius 3 is 1.58 bits per heavy atom. The van der Waals surface area contributed by atoms with Gasteiger partial charge in [0.2, 0.25) is 0 Å². The minimum Gasteiger partial charge on any atom is -0.456 e. The zero-order valence-corrected chi connectivity index (χ0v) is 27.8. The molecule has 0 radical (unpaired) electrons. The lowest BCUT2D eigenvalue weighted by Gasteiger charge is -2.27. The molecule has 236 valence electrons. The van der Waals surface area contributed by atoms with Crippen LogP contribution in [0.15, 0.2) is 186 Å². The molecule has 0 spiro atoms. The van der Waals surface area contributed by atoms with E-state index in [-0.39, 0.29) is 0 Å². The highest BCUT2D eigenvalue weighted by Crippen LogP contribution is 2.48. The van der Waals surface area contributed by atoms with Gasteiger partial charge in [0.25, 0.3) is 0 Å². The SMILES string of the molecule is c1ccc(N(c2ccc3c(c2)sc2c4ccccc4c(N(c4ccccc4)c4ccccc4)cc32)c2ccc3oc4ccccc4c3c2)cc1. The van der Waals surface area contributed by atoms with Crippen molar-refractivity contribution in [3.63, 3.8) is 0 Å². The van der Waals surface area contributed by atoms with Crippen LogP contribution in [0.4, 0.5) is 34.1 Å². The third kappa shape index (κ3) is 4.65. The van der Waals surface area contributed by atoms with E-state index >= 15 is 0 Å². The molecule has 10 aromatic rings. The number of thiophene rings is 1. The number of para-hydroxylation sites is 4. The van der Waals surface area contributed by atoms with Crippen LogP contribution < -0.4 is 9.80 Å². The fourth-order valence-corrected chi connectivity index (χ4v) is 8.60. The number of benzene rings is 8. The lowest BCUT2D eigenvalue weighted by atomic mass is 10.0. The van der Waals surface area contributed by atoms with E-state index in [0.29, 0.717) is 0 Å². The average molecular weight is 659 g/mol. The van der Waals surface area contributed by atoms with Crippen molar-refractivity contribution < 1.29 is 4.42 Å². The summed E-state index contributed by atoms with van der Waals surface area (Å²) in [6.07, 6.45) is 0. The molecule has 0 saturated heterocycles. The van der Waals surface area contributed by atoms with Crippen molar-refractivity contribution in [1.29, 1.82) is 0 Å². The Morgan fingerprint density at radius 2 is 0.880 bits per heavy atom. The molecule has 0 aliphatic heterocycles. The summed E-state index contributed by atoms with van der Waals surface area (Å²) in [5.41, 5.74) is 8.53. The molecule has 0 unspecified atom stereocenters. The fraction of sp³-hybridized carbons (Fsp3) is 0. The van der Waals surface area contributed by atoms with Gasteiger partial charge >= 0.3 is 0 Å². The number of fused-ring (bicyclic) bond motifs is 8. The van der Waals surface area contributed by atoms with Crippen LogP contribution in [-0.2, 0) is 0 Å². The first kappa shape index (κ1) is 28.6. The van der Waals surface area contributed by atoms with Gasteiger partial charge in [0.1, 0.15) is 11.2 Å². The molecule has 10 rings (SSSR count). The Bertz CT molecular complexity index is 2780. The van der Waals surface area contributed by atoms with Crippen molar-refractivity contribution in [2.24, 2.45) is 0 Å². The van der Waals surface area contributed by atoms with E-state index in [4.69, 9.17) is 4.42 Å². The third-order valence-corrected chi connectivity index (χ3v) is 10.8. The van der Waals surface area contributed by atoms with Gasteiger partial charge in [-0.25, -0.2) is 0 Å². The van der Waals surface area contributed by atoms with E-state index in [1.54, 1.807) is 0 Å². The molecule has 50 heavy (non-hydrogen) atoms. The maximum Gasteiger partial charge on any atom is 0.135 e. The van der Waals surface area contributed by atoms with Gasteiger partial charge in [-0.05, 0) is 78.9 Å². The van der Waals surface area contributed by atoms with E-state index < -0.39 is 0 Å². The van der Waals surface area contributed by atoms with E-state index in [1.165, 1.54) is 36.6 Å². The van der Waals surface area contributed by atoms with E-state index in [1.807, 2.05) is 23.5 Å². The molecule has 0 amide bonds. The van der Waals surface area contributed by atoms with Crippen molar-refractivity contribution in [2.75, 3.05) is 9.80 Å². The number of furan rings is 1. The van der Waals surface area contributed by atoms with Gasteiger partial charge in [0.05, 0.1) is 5.69 Å². The topological polar surface area (TPSA) is 19.6 Å². The Labute approximate surface area is 293 Å². The van der Waals surface area contributed by atoms with Gasteiger partial charge in [-0.15, -0.1) is 11.3 Å². The van der Waals surface area contributed by atoms with Crippen LogP contribution in [0.3, 0.4) is 0 Å². The molecule has 3 nitrogen and oxygen atoms in total. The normalized spacial score (nSPS) is 11.6. The first-order valence-corrected chi connectivity index (χ1v) is 17.7. The van der Waals surface area contributed by atoms with Crippen molar-refractivity contribution in [3.05, 3.63) is 182 Å². The third-order valence-electron chi connectivity index (χ3n) is 9.60. The van der Waals surface area contributed by atoms with E-state index in [0.717, 1.165) is 50.4 Å². The molecule has 0 atom stereocenters. The van der Waals surface area contributed by atoms with Crippen LogP contribution in [0.1, 0.15) is 0 Å². The number of hydrogen-bond acceptors (Lipinski definition) is 4. The quantitative estimate of drug-likeness (QED) is 0.177. The molecule has 0 fully saturated rings. The minimum absolute atomic E-state index is 0.894. The maximum atomic E-state index is 6.19. The van der Waals surface area contributed by atoms with E-state index in [9.17, 15) is 0 Å². The van der Waals surface area contributed by atoms with Crippen molar-refractivity contribution in [1.82, 2.24) is 0 Å². The van der Waals surface area contributed by atoms with Crippen LogP contribution in [0, 0.1) is 0 Å². The van der Waals surface area contributed by atoms with Crippen LogP contribution >= 0.6 is 11.3 Å². The summed E-state index contributed by atoms with van der Waals surface area (Å²) in [6, 6.07) is 64.9. The summed E-state index contributed by atoms with van der Waals surface area (Å²) in [7, 11) is 0. The second-order valence-electron chi connectivity index (χ2n) is 12.6. The lowest BCUT2D eigenvalue weighted by molar-refractivity contribution is 0.669. The molecule has 8 aromatic carbocycles. The zero-order chi connectivity index (χ0) is 33.0. The Kier molecular flexibility index (Phi) is 6.68. The highest BCUT2D eigenvalue weighted by atomic mass is 32.1. The summed E-state index contributed by atoms with van der Waals surface area (Å²) in [5, 5.41) is 7.25. The van der Waals surface area contributed by atoms with Crippen LogP contribution in [0.25, 0.3) is 52.9 Å². The second-order valence-corrected chi connectivity index (χ2v) is 13.6. The molecular formula is C46H30N2OS. The molecule has 0 aliphatic rings. The van der Waals surface area contributed by atoms with Crippen molar-refractivity contribution >= 4 is 98.3 Å². The van der Waals surface area contributed by atoms with Crippen LogP contribution in [0.2, 0.25) is 0 Å². The van der Waals surface area contributed by atoms with E-state index in [2.05, 4.69) is 180 Å². The van der Waals surface area contributed by atoms with Gasteiger partial charge in [-0.3, -0.25) is 0 Å². The monoisotopic (exact) mass is 658 g/mol. The second kappa shape index (κ2) is 11.7. The maximum absolute atomic E-state index is 6.19. The van der Waals surface area contributed by atoms with Gasteiger partial charge in [-0.2, -0.15) is 0 Å². The highest BCUT2D eigenvalue weighted by molar-refractivity contribution is 7.26. The smallest absolute Gasteiger partial charge is 0.135 e. The first-order valence-electron chi connectivity index (χ1n) is 16.8. The molecule has 4 heteroatoms. The number of nitrogens with zero attached hydrogens (tertiary/aromatic N) is 2. The van der Waals surface area contributed by atoms with Crippen molar-refractivity contribution in [2.45, 2.75) is 0 Å². The summed E-state index contributed by atoms with van der Waals surface area (Å²) >= 11 is 1.87. The molecule has 0 bridgehead atoms. The predicted octanol–water partition coefficient (Wildman–Crippen LogP) is 14.0. The summed E-state index contributed by atoms with van der Waals surface area (Å²) < 4.78 is 8.74. The largest absolute Gasteiger partial charge is 0.456 e. The predicted molar refractivity (Wildman–Crippen MR) is 213 cm³/mol. The average Bonchev–Trinajstić information content (AvgIpc) is 3.74. The fourth-order valence-electron chi connectivity index (χ4n) is 7.35. The molecule has 2 aromatic heterocycles. The van der Waals surface area contributed by atoms with Crippen molar-refractivity contribution in [3.8, 4) is 0 Å². The Balaban J connectivity index is 1.18. The minimum atomic E-state index is 0.894. The number of anilines is 6. The number of hydrogen-bond donors (Lipinski definition) is 0. The Morgan fingerprint density at radius 1 is 0.340 bits per heavy atom. The van der Waals surface area contributed by atoms with Gasteiger partial charge < -0.3 is 14.2 Å². The van der Waals surface area contributed by atoms with Gasteiger partial charge in [0.15, 0.2) is 0 Å². The standard InChI is InChI=1S/C46H30N2OS/c1-4-14-31(15-5-1)47(34-25-27-44-40(28-34)37-21-12-13-23-43(37)49-44)35-24-26-38-41-30-42(36-20-10-11-22-39(36)46(41)50-45(38)29-35)48(32-16-6-2-7-17-32)33-18-8-3-9-19-33/h1-30H. The van der Waals surface area contributed by atoms with Crippen LogP contribution in [-0.4, -0.2) is 0 Å². The summed E-state index contributed by atoms with van der Waals surface area (Å²) in [5.74, 6) is 0. The molecule has 0 aliphatic carbocycles. The van der Waals surface area contributed by atoms with Gasteiger partial charge in [0, 0.05) is 70.2 Å². The zero-order valence-electron chi connectivity index (χ0n) is 27.0. The highest BCUT2D eigenvalue weighted by Gasteiger charge is 2.21. The first-order chi connectivity index (χ1) is 24.8. The number of rotatable bonds is 6. The Hall–Kier alpha value is -6.36. The summed E-state index contributed by atoms with van der Waals surface area (Å²) in [6.45, 7) is 0. The molecular weight excluding hydrogens is 629 g/mol. The van der Waals surface area contributed by atoms with Crippen LogP contribution in [0.5, 0.6) is 0 Å². The molecule has 0 saturated carbocycles. The lowest BCUT2D eigenvalue weighted by Crippen LogP contribution is -2.10. The molecule has 0 N–H and O–H groups in total. The summed E-state index contributed by atoms with van der Waals surface area (Å²) in [4.78, 5) is 4.73. The van der Waals surface area contributed by atoms with Gasteiger partial charge in [-0.1, -0.05) is 103 Å². The molecule has 2 heterocycles.